The predicted molar refractivity (Wildman–Crippen MR) is 74.4 cm³/mol. The lowest BCUT2D eigenvalue weighted by molar-refractivity contribution is 0.397. The van der Waals surface area contributed by atoms with Crippen molar-refractivity contribution in [2.45, 2.75) is 13.1 Å². The Morgan fingerprint density at radius 2 is 2.11 bits per heavy atom. The predicted octanol–water partition coefficient (Wildman–Crippen LogP) is 2.74. The third-order valence-electron chi connectivity index (χ3n) is 2.73. The highest BCUT2D eigenvalue weighted by Crippen LogP contribution is 2.24. The fourth-order valence-electron chi connectivity index (χ4n) is 1.69. The van der Waals surface area contributed by atoms with Crippen molar-refractivity contribution < 1.29 is 9.84 Å². The highest BCUT2D eigenvalue weighted by atomic mass is 35.5. The van der Waals surface area contributed by atoms with E-state index in [0.29, 0.717) is 29.6 Å². The number of methoxy groups -OCH3 is 1. The molecule has 0 bridgehead atoms. The SMILES string of the molecule is COc1ccc(CNCc2c(O)cccc2Cl)cn1. The number of ether oxygens (including phenoxy) is 1. The van der Waals surface area contributed by atoms with Crippen LogP contribution >= 0.6 is 11.6 Å². The molecular weight excluding hydrogens is 264 g/mol. The summed E-state index contributed by atoms with van der Waals surface area (Å²) >= 11 is 6.02. The fourth-order valence-corrected chi connectivity index (χ4v) is 1.93. The molecule has 0 aliphatic carbocycles. The first-order chi connectivity index (χ1) is 9.20. The maximum Gasteiger partial charge on any atom is 0.212 e. The average molecular weight is 279 g/mol. The second-order valence-electron chi connectivity index (χ2n) is 4.05. The Hall–Kier alpha value is -1.78. The molecule has 0 amide bonds. The summed E-state index contributed by atoms with van der Waals surface area (Å²) in [5.74, 6) is 0.792. The Balaban J connectivity index is 1.92. The van der Waals surface area contributed by atoms with E-state index in [1.165, 1.54) is 0 Å². The van der Waals surface area contributed by atoms with Crippen molar-refractivity contribution in [3.8, 4) is 11.6 Å². The summed E-state index contributed by atoms with van der Waals surface area (Å²) in [6.07, 6.45) is 1.75. The topological polar surface area (TPSA) is 54.4 Å². The molecule has 0 spiro atoms. The zero-order valence-electron chi connectivity index (χ0n) is 10.6. The van der Waals surface area contributed by atoms with Gasteiger partial charge < -0.3 is 15.2 Å². The average Bonchev–Trinajstić information content (AvgIpc) is 2.43. The Morgan fingerprint density at radius 1 is 1.26 bits per heavy atom. The van der Waals surface area contributed by atoms with E-state index >= 15 is 0 Å². The number of aromatic nitrogens is 1. The van der Waals surface area contributed by atoms with Crippen LogP contribution in [0.3, 0.4) is 0 Å². The third-order valence-corrected chi connectivity index (χ3v) is 3.09. The monoisotopic (exact) mass is 278 g/mol. The van der Waals surface area contributed by atoms with Gasteiger partial charge in [0.15, 0.2) is 0 Å². The van der Waals surface area contributed by atoms with E-state index in [1.807, 2.05) is 12.1 Å². The largest absolute Gasteiger partial charge is 0.508 e. The summed E-state index contributed by atoms with van der Waals surface area (Å²) in [6, 6.07) is 8.84. The molecule has 0 saturated carbocycles. The number of rotatable bonds is 5. The molecule has 0 aliphatic rings. The number of nitrogens with one attached hydrogen (secondary N) is 1. The van der Waals surface area contributed by atoms with Crippen molar-refractivity contribution in [1.29, 1.82) is 0 Å². The molecule has 0 unspecified atom stereocenters. The lowest BCUT2D eigenvalue weighted by Crippen LogP contribution is -2.13. The van der Waals surface area contributed by atoms with Crippen LogP contribution < -0.4 is 10.1 Å². The number of halogens is 1. The van der Waals surface area contributed by atoms with Gasteiger partial charge in [0, 0.05) is 35.9 Å². The van der Waals surface area contributed by atoms with Gasteiger partial charge in [-0.3, -0.25) is 0 Å². The van der Waals surface area contributed by atoms with Crippen LogP contribution in [0.1, 0.15) is 11.1 Å². The summed E-state index contributed by atoms with van der Waals surface area (Å²) in [6.45, 7) is 1.14. The van der Waals surface area contributed by atoms with Gasteiger partial charge in [-0.1, -0.05) is 23.7 Å². The van der Waals surface area contributed by atoms with Crippen molar-refractivity contribution >= 4 is 11.6 Å². The van der Waals surface area contributed by atoms with E-state index in [1.54, 1.807) is 31.5 Å². The minimum absolute atomic E-state index is 0.202. The summed E-state index contributed by atoms with van der Waals surface area (Å²) in [5.41, 5.74) is 1.73. The molecule has 2 aromatic rings. The van der Waals surface area contributed by atoms with Crippen LogP contribution in [0.4, 0.5) is 0 Å². The zero-order chi connectivity index (χ0) is 13.7. The maximum absolute atomic E-state index is 9.70. The maximum atomic E-state index is 9.70. The van der Waals surface area contributed by atoms with Gasteiger partial charge >= 0.3 is 0 Å². The minimum Gasteiger partial charge on any atom is -0.508 e. The molecule has 100 valence electrons. The Morgan fingerprint density at radius 3 is 2.74 bits per heavy atom. The summed E-state index contributed by atoms with van der Waals surface area (Å²) in [5, 5.41) is 13.5. The smallest absolute Gasteiger partial charge is 0.212 e. The molecule has 0 saturated heterocycles. The van der Waals surface area contributed by atoms with Crippen LogP contribution in [0.5, 0.6) is 11.6 Å². The van der Waals surface area contributed by atoms with Crippen LogP contribution in [0.2, 0.25) is 5.02 Å². The Bertz CT molecular complexity index is 523. The van der Waals surface area contributed by atoms with Crippen LogP contribution in [-0.2, 0) is 13.1 Å². The molecule has 0 fully saturated rings. The van der Waals surface area contributed by atoms with Gasteiger partial charge in [-0.15, -0.1) is 0 Å². The molecular formula is C14H15ClN2O2. The standard InChI is InChI=1S/C14H15ClN2O2/c1-19-14-6-5-10(8-17-14)7-16-9-11-12(15)3-2-4-13(11)18/h2-6,8,16,18H,7,9H2,1H3. The molecule has 0 aliphatic heterocycles. The molecule has 0 atom stereocenters. The second-order valence-corrected chi connectivity index (χ2v) is 4.46. The first-order valence-electron chi connectivity index (χ1n) is 5.86. The second kappa shape index (κ2) is 6.41. The molecule has 1 aromatic carbocycles. The molecule has 5 heteroatoms. The van der Waals surface area contributed by atoms with Crippen molar-refractivity contribution in [2.24, 2.45) is 0 Å². The number of phenols is 1. The van der Waals surface area contributed by atoms with Crippen molar-refractivity contribution in [2.75, 3.05) is 7.11 Å². The van der Waals surface area contributed by atoms with Crippen molar-refractivity contribution in [3.63, 3.8) is 0 Å². The molecule has 4 nitrogen and oxygen atoms in total. The summed E-state index contributed by atoms with van der Waals surface area (Å²) < 4.78 is 4.99. The quantitative estimate of drug-likeness (QED) is 0.883. The highest BCUT2D eigenvalue weighted by Gasteiger charge is 2.05. The molecule has 2 N–H and O–H groups in total. The van der Waals surface area contributed by atoms with Gasteiger partial charge in [-0.25, -0.2) is 4.98 Å². The van der Waals surface area contributed by atoms with Gasteiger partial charge in [-0.2, -0.15) is 0 Å². The van der Waals surface area contributed by atoms with Gasteiger partial charge in [0.25, 0.3) is 0 Å². The number of pyridine rings is 1. The van der Waals surface area contributed by atoms with Crippen LogP contribution in [0.15, 0.2) is 36.5 Å². The van der Waals surface area contributed by atoms with Crippen LogP contribution in [0, 0.1) is 0 Å². The molecule has 19 heavy (non-hydrogen) atoms. The lowest BCUT2D eigenvalue weighted by atomic mass is 10.2. The number of nitrogens with zero attached hydrogens (tertiary/aromatic N) is 1. The number of aromatic hydroxyl groups is 1. The lowest BCUT2D eigenvalue weighted by Gasteiger charge is -2.08. The zero-order valence-corrected chi connectivity index (χ0v) is 11.3. The van der Waals surface area contributed by atoms with Gasteiger partial charge in [-0.05, 0) is 17.7 Å². The van der Waals surface area contributed by atoms with Crippen molar-refractivity contribution in [1.82, 2.24) is 10.3 Å². The van der Waals surface area contributed by atoms with E-state index in [4.69, 9.17) is 16.3 Å². The molecule has 2 rings (SSSR count). The van der Waals surface area contributed by atoms with Crippen molar-refractivity contribution in [3.05, 3.63) is 52.7 Å². The van der Waals surface area contributed by atoms with Crippen LogP contribution in [-0.4, -0.2) is 17.2 Å². The highest BCUT2D eigenvalue weighted by molar-refractivity contribution is 6.31. The minimum atomic E-state index is 0.202. The van der Waals surface area contributed by atoms with E-state index in [2.05, 4.69) is 10.3 Å². The molecule has 1 aromatic heterocycles. The normalized spacial score (nSPS) is 10.4. The molecule has 1 heterocycles. The fraction of sp³-hybridized carbons (Fsp3) is 0.214. The van der Waals surface area contributed by atoms with Gasteiger partial charge in [0.05, 0.1) is 7.11 Å². The first-order valence-corrected chi connectivity index (χ1v) is 6.24. The van der Waals surface area contributed by atoms with E-state index < -0.39 is 0 Å². The summed E-state index contributed by atoms with van der Waals surface area (Å²) in [7, 11) is 1.58. The third kappa shape index (κ3) is 3.59. The summed E-state index contributed by atoms with van der Waals surface area (Å²) in [4.78, 5) is 4.12. The Kier molecular flexibility index (Phi) is 4.60. The number of benzene rings is 1. The molecule has 0 radical (unpaired) electrons. The van der Waals surface area contributed by atoms with Gasteiger partial charge in [0.1, 0.15) is 5.75 Å². The number of hydrogen-bond acceptors (Lipinski definition) is 4. The number of hydrogen-bond donors (Lipinski definition) is 2. The van der Waals surface area contributed by atoms with E-state index in [0.717, 1.165) is 5.56 Å². The van der Waals surface area contributed by atoms with E-state index in [9.17, 15) is 5.11 Å². The number of phenolic OH excluding ortho intramolecular Hbond substituents is 1. The van der Waals surface area contributed by atoms with E-state index in [-0.39, 0.29) is 5.75 Å². The van der Waals surface area contributed by atoms with Crippen LogP contribution in [0.25, 0.3) is 0 Å². The van der Waals surface area contributed by atoms with Gasteiger partial charge in [0.2, 0.25) is 5.88 Å². The first kappa shape index (κ1) is 13.6. The Labute approximate surface area is 117 Å².